The van der Waals surface area contributed by atoms with Gasteiger partial charge in [-0.25, -0.2) is 4.79 Å². The lowest BCUT2D eigenvalue weighted by Gasteiger charge is -2.10. The smallest absolute Gasteiger partial charge is 0.337 e. The van der Waals surface area contributed by atoms with Crippen molar-refractivity contribution >= 4 is 46.2 Å². The Morgan fingerprint density at radius 1 is 1.16 bits per heavy atom. The Kier molecular flexibility index (Phi) is 3.83. The minimum Gasteiger partial charge on any atom is -0.478 e. The number of benzene rings is 2. The average molecular weight is 297 g/mol. The third-order valence-electron chi connectivity index (χ3n) is 2.49. The van der Waals surface area contributed by atoms with Crippen molar-refractivity contribution in [1.82, 2.24) is 0 Å². The molecule has 0 aliphatic carbocycles. The number of nitrogens with two attached hydrogens (primary N) is 1. The Bertz CT molecular complexity index is 645. The molecule has 4 N–H and O–H groups in total. The molecule has 4 nitrogen and oxygen atoms in total. The molecule has 2 rings (SSSR count). The van der Waals surface area contributed by atoms with E-state index in [0.29, 0.717) is 21.4 Å². The van der Waals surface area contributed by atoms with E-state index in [0.717, 1.165) is 0 Å². The summed E-state index contributed by atoms with van der Waals surface area (Å²) in [6.07, 6.45) is 0. The van der Waals surface area contributed by atoms with Crippen molar-refractivity contribution in [2.24, 2.45) is 0 Å². The van der Waals surface area contributed by atoms with E-state index in [1.165, 1.54) is 12.1 Å². The Balaban J connectivity index is 2.33. The topological polar surface area (TPSA) is 75.3 Å². The van der Waals surface area contributed by atoms with E-state index in [1.807, 2.05) is 0 Å². The van der Waals surface area contributed by atoms with Gasteiger partial charge >= 0.3 is 5.97 Å². The Morgan fingerprint density at radius 3 is 2.53 bits per heavy atom. The standard InChI is InChI=1S/C13H10Cl2N2O2/c14-7-1-4-12(10(15)5-7)17-8-2-3-11(16)9(6-8)13(18)19/h1-6,17H,16H2,(H,18,19). The van der Waals surface area contributed by atoms with Crippen LogP contribution in [0.3, 0.4) is 0 Å². The van der Waals surface area contributed by atoms with E-state index in [2.05, 4.69) is 5.32 Å². The van der Waals surface area contributed by atoms with Gasteiger partial charge in [0.05, 0.1) is 16.3 Å². The van der Waals surface area contributed by atoms with E-state index >= 15 is 0 Å². The van der Waals surface area contributed by atoms with Crippen LogP contribution >= 0.6 is 23.2 Å². The number of anilines is 3. The van der Waals surface area contributed by atoms with E-state index in [-0.39, 0.29) is 11.3 Å². The fraction of sp³-hybridized carbons (Fsp3) is 0. The molecule has 0 aliphatic rings. The number of hydrogen-bond donors (Lipinski definition) is 3. The SMILES string of the molecule is Nc1ccc(Nc2ccc(Cl)cc2Cl)cc1C(=O)O. The maximum Gasteiger partial charge on any atom is 0.337 e. The molecule has 0 saturated carbocycles. The fourth-order valence-electron chi connectivity index (χ4n) is 1.57. The lowest BCUT2D eigenvalue weighted by molar-refractivity contribution is 0.0698. The van der Waals surface area contributed by atoms with Gasteiger partial charge in [-0.2, -0.15) is 0 Å². The lowest BCUT2D eigenvalue weighted by atomic mass is 10.1. The lowest BCUT2D eigenvalue weighted by Crippen LogP contribution is -2.03. The number of carbonyl (C=O) groups is 1. The van der Waals surface area contributed by atoms with E-state index in [4.69, 9.17) is 34.0 Å². The first-order valence-corrected chi connectivity index (χ1v) is 6.08. The summed E-state index contributed by atoms with van der Waals surface area (Å²) in [5.74, 6) is -1.08. The van der Waals surface area contributed by atoms with Gasteiger partial charge in [-0.15, -0.1) is 0 Å². The molecule has 0 unspecified atom stereocenters. The molecule has 0 aromatic heterocycles. The number of nitrogens with one attached hydrogen (secondary N) is 1. The predicted molar refractivity (Wildman–Crippen MR) is 77.6 cm³/mol. The normalized spacial score (nSPS) is 10.2. The third kappa shape index (κ3) is 3.10. The fourth-order valence-corrected chi connectivity index (χ4v) is 2.02. The highest BCUT2D eigenvalue weighted by atomic mass is 35.5. The van der Waals surface area contributed by atoms with Crippen LogP contribution in [0.5, 0.6) is 0 Å². The van der Waals surface area contributed by atoms with E-state index in [1.54, 1.807) is 24.3 Å². The molecule has 0 radical (unpaired) electrons. The minimum atomic E-state index is -1.08. The van der Waals surface area contributed by atoms with Crippen molar-refractivity contribution in [1.29, 1.82) is 0 Å². The monoisotopic (exact) mass is 296 g/mol. The first-order chi connectivity index (χ1) is 8.97. The molecule has 98 valence electrons. The van der Waals surface area contributed by atoms with Gasteiger partial charge in [-0.3, -0.25) is 0 Å². The Labute approximate surface area is 119 Å². The zero-order valence-electron chi connectivity index (χ0n) is 9.65. The van der Waals surface area contributed by atoms with Gasteiger partial charge in [0.25, 0.3) is 0 Å². The zero-order valence-corrected chi connectivity index (χ0v) is 11.2. The van der Waals surface area contributed by atoms with Crippen LogP contribution in [-0.2, 0) is 0 Å². The van der Waals surface area contributed by atoms with Crippen molar-refractivity contribution in [2.45, 2.75) is 0 Å². The molecule has 0 atom stereocenters. The van der Waals surface area contributed by atoms with Crippen molar-refractivity contribution in [3.8, 4) is 0 Å². The predicted octanol–water partition coefficient (Wildman–Crippen LogP) is 4.02. The van der Waals surface area contributed by atoms with E-state index in [9.17, 15) is 4.79 Å². The Hall–Kier alpha value is -1.91. The molecule has 0 heterocycles. The molecule has 0 spiro atoms. The summed E-state index contributed by atoms with van der Waals surface area (Å²) in [7, 11) is 0. The second kappa shape index (κ2) is 5.38. The second-order valence-electron chi connectivity index (χ2n) is 3.86. The molecular formula is C13H10Cl2N2O2. The summed E-state index contributed by atoms with van der Waals surface area (Å²) in [6.45, 7) is 0. The maximum absolute atomic E-state index is 11.0. The van der Waals surface area contributed by atoms with Gasteiger partial charge in [0.15, 0.2) is 0 Å². The number of carboxylic acid groups (broad SMARTS) is 1. The van der Waals surface area contributed by atoms with Gasteiger partial charge in [0.1, 0.15) is 0 Å². The molecule has 2 aromatic carbocycles. The summed E-state index contributed by atoms with van der Waals surface area (Å²) >= 11 is 11.8. The highest BCUT2D eigenvalue weighted by Crippen LogP contribution is 2.29. The van der Waals surface area contributed by atoms with Crippen LogP contribution < -0.4 is 11.1 Å². The summed E-state index contributed by atoms with van der Waals surface area (Å²) < 4.78 is 0. The van der Waals surface area contributed by atoms with Crippen molar-refractivity contribution in [3.63, 3.8) is 0 Å². The number of carboxylic acids is 1. The quantitative estimate of drug-likeness (QED) is 0.748. The molecule has 19 heavy (non-hydrogen) atoms. The van der Waals surface area contributed by atoms with Gasteiger partial charge in [-0.05, 0) is 36.4 Å². The first-order valence-electron chi connectivity index (χ1n) is 5.32. The summed E-state index contributed by atoms with van der Waals surface area (Å²) in [6, 6.07) is 9.64. The molecule has 0 bridgehead atoms. The average Bonchev–Trinajstić information content (AvgIpc) is 2.34. The van der Waals surface area contributed by atoms with Gasteiger partial charge in [0, 0.05) is 16.4 Å². The zero-order chi connectivity index (χ0) is 14.0. The first kappa shape index (κ1) is 13.5. The van der Waals surface area contributed by atoms with Crippen LogP contribution in [0.2, 0.25) is 10.0 Å². The van der Waals surface area contributed by atoms with Crippen LogP contribution in [0.4, 0.5) is 17.1 Å². The van der Waals surface area contributed by atoms with Crippen LogP contribution in [0, 0.1) is 0 Å². The van der Waals surface area contributed by atoms with Gasteiger partial charge < -0.3 is 16.2 Å². The molecule has 0 fully saturated rings. The van der Waals surface area contributed by atoms with Gasteiger partial charge in [-0.1, -0.05) is 23.2 Å². The molecule has 0 amide bonds. The molecule has 0 saturated heterocycles. The van der Waals surface area contributed by atoms with Crippen LogP contribution in [0.1, 0.15) is 10.4 Å². The van der Waals surface area contributed by atoms with Gasteiger partial charge in [0.2, 0.25) is 0 Å². The number of rotatable bonds is 3. The number of hydrogen-bond acceptors (Lipinski definition) is 3. The highest BCUT2D eigenvalue weighted by molar-refractivity contribution is 6.36. The van der Waals surface area contributed by atoms with Crippen molar-refractivity contribution < 1.29 is 9.90 Å². The summed E-state index contributed by atoms with van der Waals surface area (Å²) in [5.41, 5.74) is 7.04. The molecule has 2 aromatic rings. The van der Waals surface area contributed by atoms with Crippen LogP contribution in [-0.4, -0.2) is 11.1 Å². The van der Waals surface area contributed by atoms with Crippen LogP contribution in [0.15, 0.2) is 36.4 Å². The third-order valence-corrected chi connectivity index (χ3v) is 3.04. The molecule has 0 aliphatic heterocycles. The van der Waals surface area contributed by atoms with E-state index < -0.39 is 5.97 Å². The summed E-state index contributed by atoms with van der Waals surface area (Å²) in [4.78, 5) is 11.0. The number of aromatic carboxylic acids is 1. The van der Waals surface area contributed by atoms with Crippen molar-refractivity contribution in [3.05, 3.63) is 52.0 Å². The molecular weight excluding hydrogens is 287 g/mol. The maximum atomic E-state index is 11.0. The van der Waals surface area contributed by atoms with Crippen LogP contribution in [0.25, 0.3) is 0 Å². The number of halogens is 2. The highest BCUT2D eigenvalue weighted by Gasteiger charge is 2.09. The largest absolute Gasteiger partial charge is 0.478 e. The second-order valence-corrected chi connectivity index (χ2v) is 4.70. The molecule has 6 heteroatoms. The van der Waals surface area contributed by atoms with Crippen molar-refractivity contribution in [2.75, 3.05) is 11.1 Å². The Morgan fingerprint density at radius 2 is 1.89 bits per heavy atom. The minimum absolute atomic E-state index is 0.0371. The number of nitrogen functional groups attached to an aromatic ring is 1. The summed E-state index contributed by atoms with van der Waals surface area (Å²) in [5, 5.41) is 13.0.